The number of halogens is 1. The Hall–Kier alpha value is -1.53. The summed E-state index contributed by atoms with van der Waals surface area (Å²) in [4.78, 5) is 24.3. The van der Waals surface area contributed by atoms with Crippen LogP contribution in [0, 0.1) is 6.92 Å². The number of aromatic nitrogens is 1. The molecule has 26 heavy (non-hydrogen) atoms. The first-order chi connectivity index (χ1) is 11.9. The molecular formula is C19H18CaClNO4. The molecule has 0 aliphatic rings. The molecule has 1 heterocycles. The third-order valence-corrected chi connectivity index (χ3v) is 4.42. The van der Waals surface area contributed by atoms with Gasteiger partial charge >= 0.3 is 43.7 Å². The second-order valence-corrected chi connectivity index (χ2v) is 6.10. The van der Waals surface area contributed by atoms with Gasteiger partial charge in [0, 0.05) is 21.7 Å². The minimum absolute atomic E-state index is 0. The molecule has 0 radical (unpaired) electrons. The van der Waals surface area contributed by atoms with Crippen molar-refractivity contribution in [3.05, 3.63) is 64.3 Å². The van der Waals surface area contributed by atoms with E-state index in [-0.39, 0.29) is 50.1 Å². The van der Waals surface area contributed by atoms with E-state index in [1.165, 1.54) is 4.57 Å². The normalized spacial score (nSPS) is 10.4. The second kappa shape index (κ2) is 8.44. The number of aliphatic carboxylic acids is 1. The summed E-state index contributed by atoms with van der Waals surface area (Å²) in [5.74, 6) is -0.583. The van der Waals surface area contributed by atoms with E-state index in [0.717, 1.165) is 0 Å². The average molecular weight is 400 g/mol. The summed E-state index contributed by atoms with van der Waals surface area (Å²) in [5, 5.41) is 10.5. The third kappa shape index (κ3) is 3.91. The molecule has 5 nitrogen and oxygen atoms in total. The van der Waals surface area contributed by atoms with E-state index in [1.807, 2.05) is 0 Å². The number of hydrogen-bond acceptors (Lipinski definition) is 3. The van der Waals surface area contributed by atoms with Crippen molar-refractivity contribution in [2.75, 3.05) is 7.11 Å². The molecule has 7 heteroatoms. The number of fused-ring (bicyclic) bond motifs is 1. The van der Waals surface area contributed by atoms with E-state index < -0.39 is 5.97 Å². The SMILES string of the molecule is COc1ccc2c(c1)c(CC(=O)O)c(C)n2C(=O)c1ccc(Cl)cc1.[CaH2]. The Kier molecular flexibility index (Phi) is 6.74. The number of carbonyl (C=O) groups excluding carboxylic acids is 1. The second-order valence-electron chi connectivity index (χ2n) is 5.67. The number of rotatable bonds is 4. The minimum atomic E-state index is -0.955. The average Bonchev–Trinajstić information content (AvgIpc) is 2.86. The van der Waals surface area contributed by atoms with E-state index in [4.69, 9.17) is 16.3 Å². The van der Waals surface area contributed by atoms with Crippen molar-refractivity contribution >= 4 is 72.1 Å². The van der Waals surface area contributed by atoms with Gasteiger partial charge in [0.05, 0.1) is 19.0 Å². The van der Waals surface area contributed by atoms with Crippen LogP contribution in [0.1, 0.15) is 21.6 Å². The van der Waals surface area contributed by atoms with Gasteiger partial charge in [-0.2, -0.15) is 0 Å². The predicted octanol–water partition coefficient (Wildman–Crippen LogP) is 3.01. The van der Waals surface area contributed by atoms with Crippen LogP contribution in [-0.4, -0.2) is 66.4 Å². The van der Waals surface area contributed by atoms with Gasteiger partial charge in [-0.05, 0) is 55.0 Å². The zero-order valence-electron chi connectivity index (χ0n) is 13.7. The van der Waals surface area contributed by atoms with Crippen LogP contribution in [0.5, 0.6) is 5.75 Å². The van der Waals surface area contributed by atoms with Crippen molar-refractivity contribution in [2.24, 2.45) is 0 Å². The van der Waals surface area contributed by atoms with E-state index in [1.54, 1.807) is 56.5 Å². The van der Waals surface area contributed by atoms with Gasteiger partial charge in [0.1, 0.15) is 5.75 Å². The number of carbonyl (C=O) groups is 2. The van der Waals surface area contributed by atoms with Gasteiger partial charge < -0.3 is 9.84 Å². The molecule has 0 atom stereocenters. The van der Waals surface area contributed by atoms with Crippen molar-refractivity contribution in [1.29, 1.82) is 0 Å². The molecule has 0 bridgehead atoms. The van der Waals surface area contributed by atoms with Crippen molar-refractivity contribution in [3.63, 3.8) is 0 Å². The number of methoxy groups -OCH3 is 1. The number of carboxylic acids is 1. The van der Waals surface area contributed by atoms with Crippen molar-refractivity contribution in [1.82, 2.24) is 4.57 Å². The first-order valence-electron chi connectivity index (χ1n) is 7.62. The van der Waals surface area contributed by atoms with Gasteiger partial charge in [0.25, 0.3) is 5.91 Å². The summed E-state index contributed by atoms with van der Waals surface area (Å²) in [6.45, 7) is 1.75. The van der Waals surface area contributed by atoms with Gasteiger partial charge in [0.15, 0.2) is 0 Å². The van der Waals surface area contributed by atoms with Gasteiger partial charge in [-0.3, -0.25) is 14.2 Å². The molecule has 0 aliphatic heterocycles. The standard InChI is InChI=1S/C19H16ClNO4.Ca.2H/c1-11-15(10-18(22)23)16-9-14(25-2)7-8-17(16)21(11)19(24)12-3-5-13(20)6-4-12;;;/h3-9H,10H2,1-2H3,(H,22,23);;;. The van der Waals surface area contributed by atoms with Crippen molar-refractivity contribution in [3.8, 4) is 5.75 Å². The topological polar surface area (TPSA) is 68.5 Å². The fourth-order valence-corrected chi connectivity index (χ4v) is 3.07. The quantitative estimate of drug-likeness (QED) is 0.685. The zero-order valence-corrected chi connectivity index (χ0v) is 14.5. The first-order valence-corrected chi connectivity index (χ1v) is 8.00. The molecule has 0 saturated carbocycles. The van der Waals surface area contributed by atoms with E-state index in [9.17, 15) is 14.7 Å². The Bertz CT molecular complexity index is 979. The molecule has 132 valence electrons. The number of hydrogen-bond donors (Lipinski definition) is 1. The molecule has 0 fully saturated rings. The maximum absolute atomic E-state index is 13.0. The summed E-state index contributed by atoms with van der Waals surface area (Å²) in [6, 6.07) is 11.9. The van der Waals surface area contributed by atoms with Crippen LogP contribution in [-0.2, 0) is 11.2 Å². The number of benzene rings is 2. The Morgan fingerprint density at radius 3 is 2.38 bits per heavy atom. The molecular weight excluding hydrogens is 382 g/mol. The molecule has 3 aromatic rings. The van der Waals surface area contributed by atoms with Crippen LogP contribution in [0.2, 0.25) is 5.02 Å². The first kappa shape index (κ1) is 20.8. The molecule has 1 N–H and O–H groups in total. The molecule has 2 aromatic carbocycles. The Labute approximate surface area is 185 Å². The monoisotopic (exact) mass is 399 g/mol. The molecule has 0 spiro atoms. The number of nitrogens with zero attached hydrogens (tertiary/aromatic N) is 1. The summed E-state index contributed by atoms with van der Waals surface area (Å²) in [6.07, 6.45) is -0.170. The maximum atomic E-state index is 13.0. The van der Waals surface area contributed by atoms with Crippen molar-refractivity contribution < 1.29 is 19.4 Å². The fourth-order valence-electron chi connectivity index (χ4n) is 2.95. The van der Waals surface area contributed by atoms with Crippen molar-refractivity contribution in [2.45, 2.75) is 13.3 Å². The van der Waals surface area contributed by atoms with E-state index >= 15 is 0 Å². The molecule has 0 saturated heterocycles. The summed E-state index contributed by atoms with van der Waals surface area (Å²) >= 11 is 5.89. The van der Waals surface area contributed by atoms with Crippen LogP contribution in [0.3, 0.4) is 0 Å². The third-order valence-electron chi connectivity index (χ3n) is 4.16. The molecule has 3 rings (SSSR count). The number of ether oxygens (including phenoxy) is 1. The molecule has 0 unspecified atom stereocenters. The molecule has 0 amide bonds. The van der Waals surface area contributed by atoms with Gasteiger partial charge in [-0.15, -0.1) is 0 Å². The van der Waals surface area contributed by atoms with Crippen LogP contribution in [0.4, 0.5) is 0 Å². The summed E-state index contributed by atoms with van der Waals surface area (Å²) in [7, 11) is 1.54. The summed E-state index contributed by atoms with van der Waals surface area (Å²) < 4.78 is 6.77. The molecule has 0 aliphatic carbocycles. The van der Waals surface area contributed by atoms with E-state index in [0.29, 0.717) is 38.5 Å². The van der Waals surface area contributed by atoms with Gasteiger partial charge in [-0.1, -0.05) is 11.6 Å². The van der Waals surface area contributed by atoms with Crippen LogP contribution in [0.15, 0.2) is 42.5 Å². The summed E-state index contributed by atoms with van der Waals surface area (Å²) in [5.41, 5.74) is 2.32. The number of carboxylic acid groups (broad SMARTS) is 1. The Balaban J connectivity index is 0.00000243. The van der Waals surface area contributed by atoms with Gasteiger partial charge in [-0.25, -0.2) is 0 Å². The van der Waals surface area contributed by atoms with Crippen LogP contribution >= 0.6 is 11.6 Å². The predicted molar refractivity (Wildman–Crippen MR) is 104 cm³/mol. The Morgan fingerprint density at radius 2 is 1.81 bits per heavy atom. The van der Waals surface area contributed by atoms with Gasteiger partial charge in [0.2, 0.25) is 0 Å². The zero-order chi connectivity index (χ0) is 18.1. The van der Waals surface area contributed by atoms with Crippen LogP contribution < -0.4 is 4.74 Å². The van der Waals surface area contributed by atoms with Crippen LogP contribution in [0.25, 0.3) is 10.9 Å². The Morgan fingerprint density at radius 1 is 1.15 bits per heavy atom. The molecule has 1 aromatic heterocycles. The fraction of sp³-hybridized carbons (Fsp3) is 0.158. The van der Waals surface area contributed by atoms with E-state index in [2.05, 4.69) is 0 Å².